The molecule has 0 heterocycles. The smallest absolute Gasteiger partial charge is 0.252 e. The van der Waals surface area contributed by atoms with Crippen molar-refractivity contribution < 1.29 is 9.53 Å². The number of halogens is 2. The topological polar surface area (TPSA) is 50.4 Å². The first-order valence-corrected chi connectivity index (χ1v) is 10.4. The fraction of sp³-hybridized carbons (Fsp3) is 0.348. The Bertz CT molecular complexity index is 792. The summed E-state index contributed by atoms with van der Waals surface area (Å²) in [4.78, 5) is 11.3. The van der Waals surface area contributed by atoms with Crippen LogP contribution in [0.25, 0.3) is 0 Å². The highest BCUT2D eigenvalue weighted by molar-refractivity contribution is 6.33. The number of hydrogen-bond acceptors (Lipinski definition) is 3. The van der Waals surface area contributed by atoms with Gasteiger partial charge in [0.2, 0.25) is 0 Å². The van der Waals surface area contributed by atoms with Crippen molar-refractivity contribution in [2.45, 2.75) is 34.2 Å². The summed E-state index contributed by atoms with van der Waals surface area (Å²) in [7, 11) is 0. The van der Waals surface area contributed by atoms with Gasteiger partial charge >= 0.3 is 0 Å². The second kappa shape index (κ2) is 13.9. The van der Waals surface area contributed by atoms with Crippen molar-refractivity contribution in [1.29, 1.82) is 0 Å². The summed E-state index contributed by atoms with van der Waals surface area (Å²) in [5, 5.41) is 7.09. The summed E-state index contributed by atoms with van der Waals surface area (Å²) in [5.41, 5.74) is 1.61. The minimum atomic E-state index is -0.122. The molecule has 6 heteroatoms. The van der Waals surface area contributed by atoms with Gasteiger partial charge in [-0.05, 0) is 56.3 Å². The van der Waals surface area contributed by atoms with Gasteiger partial charge in [0.1, 0.15) is 5.75 Å². The summed E-state index contributed by atoms with van der Waals surface area (Å²) in [6.07, 6.45) is 3.87. The van der Waals surface area contributed by atoms with Gasteiger partial charge in [0, 0.05) is 23.7 Å². The Morgan fingerprint density at radius 2 is 1.90 bits per heavy atom. The third-order valence-corrected chi connectivity index (χ3v) is 4.19. The van der Waals surface area contributed by atoms with Crippen LogP contribution in [-0.2, 0) is 6.54 Å². The van der Waals surface area contributed by atoms with Crippen LogP contribution < -0.4 is 15.4 Å². The van der Waals surface area contributed by atoms with E-state index in [2.05, 4.69) is 24.5 Å². The van der Waals surface area contributed by atoms with E-state index in [0.29, 0.717) is 23.0 Å². The Labute approximate surface area is 184 Å². The van der Waals surface area contributed by atoms with E-state index in [0.717, 1.165) is 29.5 Å². The number of amides is 1. The van der Waals surface area contributed by atoms with E-state index in [9.17, 15) is 4.79 Å². The Morgan fingerprint density at radius 1 is 1.17 bits per heavy atom. The van der Waals surface area contributed by atoms with Gasteiger partial charge in [-0.25, -0.2) is 0 Å². The van der Waals surface area contributed by atoms with Crippen molar-refractivity contribution in [3.05, 3.63) is 75.9 Å². The average molecular weight is 437 g/mol. The summed E-state index contributed by atoms with van der Waals surface area (Å²) in [5.74, 6) is 1.30. The molecular weight excluding hydrogens is 407 g/mol. The lowest BCUT2D eigenvalue weighted by molar-refractivity contribution is 0.0956. The summed E-state index contributed by atoms with van der Waals surface area (Å²) >= 11 is 11.8. The first-order valence-electron chi connectivity index (χ1n) is 9.67. The minimum Gasteiger partial charge on any atom is -0.493 e. The van der Waals surface area contributed by atoms with Crippen molar-refractivity contribution in [3.8, 4) is 5.75 Å². The lowest BCUT2D eigenvalue weighted by atomic mass is 10.2. The van der Waals surface area contributed by atoms with E-state index in [4.69, 9.17) is 27.9 Å². The number of benzene rings is 2. The first-order chi connectivity index (χ1) is 13.9. The van der Waals surface area contributed by atoms with Crippen LogP contribution in [0.4, 0.5) is 0 Å². The first kappa shape index (κ1) is 24.9. The van der Waals surface area contributed by atoms with Gasteiger partial charge in [-0.1, -0.05) is 55.3 Å². The molecule has 0 aliphatic heterocycles. The van der Waals surface area contributed by atoms with E-state index in [-0.39, 0.29) is 5.91 Å². The molecule has 0 saturated carbocycles. The van der Waals surface area contributed by atoms with Crippen molar-refractivity contribution in [2.24, 2.45) is 5.92 Å². The maximum atomic E-state index is 11.3. The van der Waals surface area contributed by atoms with Gasteiger partial charge in [-0.15, -0.1) is 0 Å². The molecule has 0 radical (unpaired) electrons. The van der Waals surface area contributed by atoms with E-state index in [1.165, 1.54) is 0 Å². The van der Waals surface area contributed by atoms with Crippen molar-refractivity contribution in [2.75, 3.05) is 13.2 Å². The number of rotatable bonds is 8. The molecule has 0 aromatic heterocycles. The van der Waals surface area contributed by atoms with Crippen LogP contribution in [0.5, 0.6) is 5.75 Å². The Balaban J connectivity index is 0.000000308. The van der Waals surface area contributed by atoms with Crippen LogP contribution in [-0.4, -0.2) is 19.1 Å². The van der Waals surface area contributed by atoms with Gasteiger partial charge in [0.05, 0.1) is 17.2 Å². The molecule has 2 rings (SSSR count). The largest absolute Gasteiger partial charge is 0.493 e. The fourth-order valence-corrected chi connectivity index (χ4v) is 2.69. The molecule has 0 bridgehead atoms. The van der Waals surface area contributed by atoms with Crippen LogP contribution in [0.15, 0.2) is 54.7 Å². The monoisotopic (exact) mass is 436 g/mol. The quantitative estimate of drug-likeness (QED) is 0.526. The van der Waals surface area contributed by atoms with E-state index in [1.54, 1.807) is 24.3 Å². The highest BCUT2D eigenvalue weighted by Crippen LogP contribution is 2.23. The Kier molecular flexibility index (Phi) is 11.9. The molecule has 2 aromatic rings. The van der Waals surface area contributed by atoms with E-state index < -0.39 is 0 Å². The lowest BCUT2D eigenvalue weighted by Crippen LogP contribution is -2.22. The van der Waals surface area contributed by atoms with Crippen LogP contribution in [0.2, 0.25) is 10.0 Å². The molecule has 2 aromatic carbocycles. The molecular formula is C23H30Cl2N2O2. The van der Waals surface area contributed by atoms with Gasteiger partial charge in [0.25, 0.3) is 5.91 Å². The molecule has 0 unspecified atom stereocenters. The number of hydrogen-bond donors (Lipinski definition) is 2. The average Bonchev–Trinajstić information content (AvgIpc) is 2.68. The molecule has 0 saturated heterocycles. The molecule has 0 spiro atoms. The molecule has 4 nitrogen and oxygen atoms in total. The normalized spacial score (nSPS) is 10.4. The van der Waals surface area contributed by atoms with Gasteiger partial charge in [-0.2, -0.15) is 0 Å². The number of allylic oxidation sites excluding steroid dienone is 1. The maximum Gasteiger partial charge on any atom is 0.252 e. The Morgan fingerprint density at radius 3 is 2.52 bits per heavy atom. The van der Waals surface area contributed by atoms with Gasteiger partial charge in [-0.3, -0.25) is 4.79 Å². The second-order valence-corrected chi connectivity index (χ2v) is 7.52. The predicted octanol–water partition coefficient (Wildman–Crippen LogP) is 6.09. The SMILES string of the molecule is C/C=C\NCc1cc(Cl)ccc1OCC(C)C.CCNC(=O)c1ccccc1Cl. The molecule has 2 N–H and O–H groups in total. The summed E-state index contributed by atoms with van der Waals surface area (Å²) in [6.45, 7) is 10.2. The van der Waals surface area contributed by atoms with Gasteiger partial charge < -0.3 is 15.4 Å². The molecule has 1 amide bonds. The standard InChI is InChI=1S/C14H20ClNO.C9H10ClNO/c1-4-7-16-9-12-8-13(15)5-6-14(12)17-10-11(2)3;1-2-11-9(12)7-5-3-4-6-8(7)10/h4-8,11,16H,9-10H2,1-3H3;3-6H,2H2,1H3,(H,11,12)/b7-4-;. The molecule has 0 atom stereocenters. The van der Waals surface area contributed by atoms with Crippen LogP contribution >= 0.6 is 23.2 Å². The Hall–Kier alpha value is -2.17. The third-order valence-electron chi connectivity index (χ3n) is 3.63. The molecule has 0 fully saturated rings. The summed E-state index contributed by atoms with van der Waals surface area (Å²) in [6, 6.07) is 12.7. The lowest BCUT2D eigenvalue weighted by Gasteiger charge is -2.13. The number of ether oxygens (including phenoxy) is 1. The highest BCUT2D eigenvalue weighted by atomic mass is 35.5. The maximum absolute atomic E-state index is 11.3. The highest BCUT2D eigenvalue weighted by Gasteiger charge is 2.07. The van der Waals surface area contributed by atoms with Crippen molar-refractivity contribution in [1.82, 2.24) is 10.6 Å². The van der Waals surface area contributed by atoms with Crippen LogP contribution in [0, 0.1) is 5.92 Å². The van der Waals surface area contributed by atoms with Crippen molar-refractivity contribution >= 4 is 29.1 Å². The van der Waals surface area contributed by atoms with E-state index in [1.807, 2.05) is 44.3 Å². The second-order valence-electron chi connectivity index (χ2n) is 6.68. The van der Waals surface area contributed by atoms with Crippen molar-refractivity contribution in [3.63, 3.8) is 0 Å². The minimum absolute atomic E-state index is 0.122. The zero-order valence-electron chi connectivity index (χ0n) is 17.5. The zero-order valence-corrected chi connectivity index (χ0v) is 19.0. The van der Waals surface area contributed by atoms with Crippen LogP contribution in [0.3, 0.4) is 0 Å². The molecule has 0 aliphatic carbocycles. The zero-order chi connectivity index (χ0) is 21.6. The molecule has 29 heavy (non-hydrogen) atoms. The molecule has 158 valence electrons. The number of carbonyl (C=O) groups excluding carboxylic acids is 1. The third kappa shape index (κ3) is 9.73. The van der Waals surface area contributed by atoms with E-state index >= 15 is 0 Å². The van der Waals surface area contributed by atoms with Crippen LogP contribution in [0.1, 0.15) is 43.6 Å². The fourth-order valence-electron chi connectivity index (χ4n) is 2.27. The predicted molar refractivity (Wildman–Crippen MR) is 123 cm³/mol. The van der Waals surface area contributed by atoms with Gasteiger partial charge in [0.15, 0.2) is 0 Å². The number of nitrogens with one attached hydrogen (secondary N) is 2. The summed E-state index contributed by atoms with van der Waals surface area (Å²) < 4.78 is 5.76. The number of carbonyl (C=O) groups is 1. The molecule has 0 aliphatic rings.